The van der Waals surface area contributed by atoms with E-state index in [1.807, 2.05) is 19.9 Å². The van der Waals surface area contributed by atoms with Gasteiger partial charge in [-0.1, -0.05) is 37.6 Å². The number of methoxy groups -OCH3 is 2. The first-order chi connectivity index (χ1) is 20.0. The van der Waals surface area contributed by atoms with Crippen molar-refractivity contribution in [1.29, 1.82) is 0 Å². The number of para-hydroxylation sites is 1. The lowest BCUT2D eigenvalue weighted by molar-refractivity contribution is -0.144. The van der Waals surface area contributed by atoms with Crippen molar-refractivity contribution < 1.29 is 38.8 Å². The fraction of sp³-hybridized carbons (Fsp3) is 0.516. The molecule has 1 saturated heterocycles. The summed E-state index contributed by atoms with van der Waals surface area (Å²) >= 11 is 6.47. The molecule has 2 amide bonds. The number of aliphatic hydroxyl groups is 1. The quantitative estimate of drug-likeness (QED) is 0.412. The smallest absolute Gasteiger partial charge is 0.303 e. The largest absolute Gasteiger partial charge is 0.493 e. The highest BCUT2D eigenvalue weighted by Crippen LogP contribution is 2.45. The van der Waals surface area contributed by atoms with E-state index in [2.05, 4.69) is 0 Å². The summed E-state index contributed by atoms with van der Waals surface area (Å²) < 4.78 is 17.8. The number of carbonyl (C=O) groups is 3. The van der Waals surface area contributed by atoms with Gasteiger partial charge in [-0.2, -0.15) is 0 Å². The maximum absolute atomic E-state index is 14.2. The van der Waals surface area contributed by atoms with Gasteiger partial charge in [0.05, 0.1) is 20.6 Å². The molecule has 2 aliphatic heterocycles. The number of carbonyl (C=O) groups excluding carboxylic acids is 2. The molecule has 0 saturated carbocycles. The van der Waals surface area contributed by atoms with E-state index in [1.165, 1.54) is 14.2 Å². The Hall–Kier alpha value is -3.34. The Balaban J connectivity index is 1.74. The number of hydrogen-bond donors (Lipinski definition) is 2. The van der Waals surface area contributed by atoms with Gasteiger partial charge in [0.15, 0.2) is 11.5 Å². The van der Waals surface area contributed by atoms with Crippen LogP contribution in [0.4, 0.5) is 5.69 Å². The highest BCUT2D eigenvalue weighted by atomic mass is 35.5. The summed E-state index contributed by atoms with van der Waals surface area (Å²) in [7, 11) is 3.05. The van der Waals surface area contributed by atoms with Crippen LogP contribution in [0, 0.1) is 11.3 Å². The zero-order valence-corrected chi connectivity index (χ0v) is 25.2. The number of piperidine rings is 1. The molecule has 0 aromatic heterocycles. The van der Waals surface area contributed by atoms with Crippen LogP contribution in [0.2, 0.25) is 5.02 Å². The van der Waals surface area contributed by atoms with Crippen LogP contribution in [0.25, 0.3) is 0 Å². The van der Waals surface area contributed by atoms with E-state index >= 15 is 0 Å². The van der Waals surface area contributed by atoms with E-state index in [0.29, 0.717) is 59.3 Å². The van der Waals surface area contributed by atoms with Gasteiger partial charge in [0.25, 0.3) is 5.91 Å². The van der Waals surface area contributed by atoms with Crippen molar-refractivity contribution in [2.24, 2.45) is 11.3 Å². The second-order valence-electron chi connectivity index (χ2n) is 11.7. The van der Waals surface area contributed by atoms with E-state index in [0.717, 1.165) is 0 Å². The highest BCUT2D eigenvalue weighted by Gasteiger charge is 2.41. The molecule has 2 aliphatic rings. The number of rotatable bonds is 10. The Morgan fingerprint density at radius 3 is 2.40 bits per heavy atom. The minimum absolute atomic E-state index is 0.0164. The Labute approximate surface area is 251 Å². The summed E-state index contributed by atoms with van der Waals surface area (Å²) in [6.07, 6.45) is -0.954. The van der Waals surface area contributed by atoms with Gasteiger partial charge >= 0.3 is 5.97 Å². The molecule has 2 heterocycles. The number of halogens is 1. The Morgan fingerprint density at radius 1 is 1.07 bits per heavy atom. The van der Waals surface area contributed by atoms with Crippen molar-refractivity contribution in [2.45, 2.75) is 51.7 Å². The number of anilines is 1. The van der Waals surface area contributed by atoms with Gasteiger partial charge < -0.3 is 34.2 Å². The number of likely N-dealkylation sites (tertiary alicyclic amines) is 1. The van der Waals surface area contributed by atoms with Crippen molar-refractivity contribution in [2.75, 3.05) is 45.4 Å². The molecule has 228 valence electrons. The van der Waals surface area contributed by atoms with E-state index in [1.54, 1.807) is 40.1 Å². The molecule has 0 radical (unpaired) electrons. The summed E-state index contributed by atoms with van der Waals surface area (Å²) in [6.45, 7) is 4.55. The van der Waals surface area contributed by atoms with Crippen LogP contribution in [-0.4, -0.2) is 79.5 Å². The van der Waals surface area contributed by atoms with Gasteiger partial charge in [-0.15, -0.1) is 0 Å². The predicted molar refractivity (Wildman–Crippen MR) is 157 cm³/mol. The lowest BCUT2D eigenvalue weighted by atomic mass is 9.92. The van der Waals surface area contributed by atoms with E-state index in [-0.39, 0.29) is 37.8 Å². The monoisotopic (exact) mass is 602 g/mol. The standard InChI is InChI=1S/C31H39ClN2O8/c1-31(2,18-35)17-34-23-9-8-20(32)15-22(23)28(21-6-5-7-24(40-3)29(21)41-4)42-25(30(34)39)16-26(36)33-12-10-19(11-13-33)14-27(37)38/h5-9,15,19,25,28,35H,10-14,16-18H2,1-4H3,(H,37,38)/t25-,28-/m1/s1. The van der Waals surface area contributed by atoms with Crippen molar-refractivity contribution in [1.82, 2.24) is 4.90 Å². The van der Waals surface area contributed by atoms with Crippen LogP contribution in [0.15, 0.2) is 36.4 Å². The fourth-order valence-corrected chi connectivity index (χ4v) is 5.81. The van der Waals surface area contributed by atoms with Gasteiger partial charge in [-0.25, -0.2) is 0 Å². The average Bonchev–Trinajstić information content (AvgIpc) is 3.06. The summed E-state index contributed by atoms with van der Waals surface area (Å²) in [4.78, 5) is 42.2. The molecule has 2 aromatic carbocycles. The van der Waals surface area contributed by atoms with Gasteiger partial charge in [0, 0.05) is 59.9 Å². The third-order valence-corrected chi connectivity index (χ3v) is 8.16. The topological polar surface area (TPSA) is 126 Å². The maximum Gasteiger partial charge on any atom is 0.303 e. The molecule has 4 rings (SSSR count). The van der Waals surface area contributed by atoms with Gasteiger partial charge in [-0.3, -0.25) is 14.4 Å². The molecule has 42 heavy (non-hydrogen) atoms. The molecular weight excluding hydrogens is 564 g/mol. The number of hydrogen-bond acceptors (Lipinski definition) is 7. The van der Waals surface area contributed by atoms with E-state index in [4.69, 9.17) is 30.9 Å². The number of nitrogens with zero attached hydrogens (tertiary/aromatic N) is 2. The van der Waals surface area contributed by atoms with Gasteiger partial charge in [0.2, 0.25) is 5.91 Å². The number of amides is 2. The predicted octanol–water partition coefficient (Wildman–Crippen LogP) is 4.30. The number of ether oxygens (including phenoxy) is 3. The average molecular weight is 603 g/mol. The van der Waals surface area contributed by atoms with Crippen molar-refractivity contribution >= 4 is 35.1 Å². The van der Waals surface area contributed by atoms with Crippen LogP contribution < -0.4 is 14.4 Å². The minimum Gasteiger partial charge on any atom is -0.493 e. The zero-order valence-electron chi connectivity index (χ0n) is 24.5. The fourth-order valence-electron chi connectivity index (χ4n) is 5.63. The second-order valence-corrected chi connectivity index (χ2v) is 12.1. The lowest BCUT2D eigenvalue weighted by Crippen LogP contribution is -2.47. The molecule has 0 spiro atoms. The first kappa shape index (κ1) is 31.6. The summed E-state index contributed by atoms with van der Waals surface area (Å²) in [5.74, 6) is -0.571. The van der Waals surface area contributed by atoms with E-state index in [9.17, 15) is 19.5 Å². The number of aliphatic hydroxyl groups excluding tert-OH is 1. The van der Waals surface area contributed by atoms with Crippen molar-refractivity contribution in [3.05, 3.63) is 52.5 Å². The van der Waals surface area contributed by atoms with Crippen LogP contribution >= 0.6 is 11.6 Å². The van der Waals surface area contributed by atoms with Gasteiger partial charge in [-0.05, 0) is 43.0 Å². The Morgan fingerprint density at radius 2 is 1.79 bits per heavy atom. The number of carboxylic acid groups (broad SMARTS) is 1. The molecule has 0 bridgehead atoms. The number of aliphatic carboxylic acids is 1. The summed E-state index contributed by atoms with van der Waals surface area (Å²) in [6, 6.07) is 10.6. The summed E-state index contributed by atoms with van der Waals surface area (Å²) in [5.41, 5.74) is 1.12. The third-order valence-electron chi connectivity index (χ3n) is 7.93. The Kier molecular flexibility index (Phi) is 10.0. The van der Waals surface area contributed by atoms with Crippen molar-refractivity contribution in [3.63, 3.8) is 0 Å². The number of benzene rings is 2. The molecule has 2 N–H and O–H groups in total. The second kappa shape index (κ2) is 13.3. The first-order valence-electron chi connectivity index (χ1n) is 14.1. The zero-order chi connectivity index (χ0) is 30.6. The van der Waals surface area contributed by atoms with Crippen LogP contribution in [0.5, 0.6) is 11.5 Å². The normalized spacial score (nSPS) is 19.7. The van der Waals surface area contributed by atoms with E-state index < -0.39 is 29.5 Å². The molecule has 11 heteroatoms. The molecule has 2 atom stereocenters. The number of carboxylic acids is 1. The molecular formula is C31H39ClN2O8. The minimum atomic E-state index is -1.16. The van der Waals surface area contributed by atoms with Crippen LogP contribution in [0.1, 0.15) is 56.8 Å². The SMILES string of the molecule is COc1cccc([C@H]2O[C@H](CC(=O)N3CCC(CC(=O)O)CC3)C(=O)N(CC(C)(C)CO)c3ccc(Cl)cc32)c1OC. The van der Waals surface area contributed by atoms with Crippen LogP contribution in [-0.2, 0) is 19.1 Å². The third kappa shape index (κ3) is 6.99. The van der Waals surface area contributed by atoms with Crippen LogP contribution in [0.3, 0.4) is 0 Å². The Bertz CT molecular complexity index is 1310. The highest BCUT2D eigenvalue weighted by molar-refractivity contribution is 6.30. The van der Waals surface area contributed by atoms with Gasteiger partial charge in [0.1, 0.15) is 12.2 Å². The molecule has 0 unspecified atom stereocenters. The summed E-state index contributed by atoms with van der Waals surface area (Å²) in [5, 5.41) is 19.6. The molecule has 1 fully saturated rings. The molecule has 10 nitrogen and oxygen atoms in total. The van der Waals surface area contributed by atoms with Crippen molar-refractivity contribution in [3.8, 4) is 11.5 Å². The maximum atomic E-state index is 14.2. The molecule has 0 aliphatic carbocycles. The lowest BCUT2D eigenvalue weighted by Gasteiger charge is -2.34. The molecule has 2 aromatic rings. The first-order valence-corrected chi connectivity index (χ1v) is 14.4. The number of fused-ring (bicyclic) bond motifs is 1.